The average Bonchev–Trinajstić information content (AvgIpc) is 2.75. The van der Waals surface area contributed by atoms with E-state index in [1.54, 1.807) is 18.2 Å². The molecule has 0 bridgehead atoms. The molecule has 0 aromatic heterocycles. The number of nitrogens with one attached hydrogen (secondary N) is 2. The van der Waals surface area contributed by atoms with Gasteiger partial charge in [-0.2, -0.15) is 0 Å². The first-order valence-corrected chi connectivity index (χ1v) is 6.87. The van der Waals surface area contributed by atoms with Gasteiger partial charge in [-0.25, -0.2) is 0 Å². The summed E-state index contributed by atoms with van der Waals surface area (Å²) in [7, 11) is 0. The maximum atomic E-state index is 12.0. The zero-order valence-corrected chi connectivity index (χ0v) is 12.0. The molecule has 2 unspecified atom stereocenters. The highest BCUT2D eigenvalue weighted by Crippen LogP contribution is 2.21. The number of carbonyl (C=O) groups excluding carboxylic acids is 1. The van der Waals surface area contributed by atoms with Gasteiger partial charge in [0, 0.05) is 35.0 Å². The quantitative estimate of drug-likeness (QED) is 0.784. The fourth-order valence-corrected chi connectivity index (χ4v) is 2.52. The van der Waals surface area contributed by atoms with Crippen molar-refractivity contribution >= 4 is 33.4 Å². The number of benzene rings is 1. The minimum Gasteiger partial charge on any atom is -0.391 e. The van der Waals surface area contributed by atoms with Crippen molar-refractivity contribution in [1.29, 1.82) is 0 Å². The van der Waals surface area contributed by atoms with Gasteiger partial charge in [-0.3, -0.25) is 4.79 Å². The Balaban J connectivity index is 1.97. The maximum absolute atomic E-state index is 12.0. The van der Waals surface area contributed by atoms with Crippen LogP contribution in [0.2, 0.25) is 5.02 Å². The number of aliphatic hydroxyl groups is 1. The zero-order valence-electron chi connectivity index (χ0n) is 9.62. The van der Waals surface area contributed by atoms with Crippen LogP contribution in [-0.4, -0.2) is 36.8 Å². The monoisotopic (exact) mass is 332 g/mol. The molecule has 1 saturated heterocycles. The van der Waals surface area contributed by atoms with Gasteiger partial charge in [0.25, 0.3) is 5.91 Å². The van der Waals surface area contributed by atoms with Crippen molar-refractivity contribution in [3.63, 3.8) is 0 Å². The summed E-state index contributed by atoms with van der Waals surface area (Å²) in [6, 6.07) is 5.07. The fourth-order valence-electron chi connectivity index (χ4n) is 1.92. The normalized spacial score (nSPS) is 23.1. The van der Waals surface area contributed by atoms with Gasteiger partial charge in [-0.15, -0.1) is 0 Å². The molecule has 18 heavy (non-hydrogen) atoms. The molecule has 1 aliphatic rings. The number of rotatable bonds is 3. The van der Waals surface area contributed by atoms with Gasteiger partial charge in [0.15, 0.2) is 0 Å². The van der Waals surface area contributed by atoms with Crippen molar-refractivity contribution in [2.45, 2.75) is 6.10 Å². The average molecular weight is 334 g/mol. The van der Waals surface area contributed by atoms with E-state index in [1.807, 2.05) is 0 Å². The third-order valence-electron chi connectivity index (χ3n) is 3.00. The van der Waals surface area contributed by atoms with Crippen LogP contribution in [0, 0.1) is 5.92 Å². The highest BCUT2D eigenvalue weighted by atomic mass is 79.9. The second-order valence-electron chi connectivity index (χ2n) is 4.32. The largest absolute Gasteiger partial charge is 0.391 e. The molecule has 2 atom stereocenters. The number of amides is 1. The van der Waals surface area contributed by atoms with Gasteiger partial charge < -0.3 is 15.7 Å². The van der Waals surface area contributed by atoms with Crippen LogP contribution in [-0.2, 0) is 0 Å². The third-order valence-corrected chi connectivity index (χ3v) is 3.93. The predicted octanol–water partition coefficient (Wildman–Crippen LogP) is 1.41. The van der Waals surface area contributed by atoms with Crippen LogP contribution in [0.1, 0.15) is 10.4 Å². The molecule has 4 nitrogen and oxygen atoms in total. The molecule has 98 valence electrons. The number of hydrogen-bond donors (Lipinski definition) is 3. The Morgan fingerprint density at radius 1 is 1.56 bits per heavy atom. The first-order chi connectivity index (χ1) is 8.58. The van der Waals surface area contributed by atoms with Gasteiger partial charge in [0.2, 0.25) is 0 Å². The molecule has 1 aliphatic heterocycles. The molecular weight excluding hydrogens is 320 g/mol. The van der Waals surface area contributed by atoms with E-state index in [2.05, 4.69) is 26.6 Å². The lowest BCUT2D eigenvalue weighted by Crippen LogP contribution is -2.34. The lowest BCUT2D eigenvalue weighted by Gasteiger charge is -2.14. The van der Waals surface area contributed by atoms with Gasteiger partial charge >= 0.3 is 0 Å². The topological polar surface area (TPSA) is 61.4 Å². The lowest BCUT2D eigenvalue weighted by atomic mass is 10.1. The Labute approximate surface area is 119 Å². The molecule has 6 heteroatoms. The van der Waals surface area contributed by atoms with Crippen molar-refractivity contribution in [1.82, 2.24) is 10.6 Å². The van der Waals surface area contributed by atoms with Crippen molar-refractivity contribution < 1.29 is 9.90 Å². The van der Waals surface area contributed by atoms with Gasteiger partial charge in [-0.05, 0) is 34.1 Å². The van der Waals surface area contributed by atoms with Crippen LogP contribution >= 0.6 is 27.5 Å². The molecule has 1 aromatic rings. The molecule has 1 amide bonds. The van der Waals surface area contributed by atoms with E-state index < -0.39 is 6.10 Å². The summed E-state index contributed by atoms with van der Waals surface area (Å²) >= 11 is 9.18. The first kappa shape index (κ1) is 13.8. The standard InChI is InChI=1S/C12H14BrClN2O2/c13-10-2-1-8(14)3-9(10)12(18)16-5-7-4-15-6-11(7)17/h1-3,7,11,15,17H,4-6H2,(H,16,18). The Morgan fingerprint density at radius 3 is 3.00 bits per heavy atom. The summed E-state index contributed by atoms with van der Waals surface area (Å²) < 4.78 is 0.703. The molecule has 1 fully saturated rings. The summed E-state index contributed by atoms with van der Waals surface area (Å²) in [5.41, 5.74) is 0.503. The molecule has 0 aliphatic carbocycles. The van der Waals surface area contributed by atoms with Crippen LogP contribution in [0.25, 0.3) is 0 Å². The highest BCUT2D eigenvalue weighted by Gasteiger charge is 2.25. The predicted molar refractivity (Wildman–Crippen MR) is 73.9 cm³/mol. The van der Waals surface area contributed by atoms with Gasteiger partial charge in [0.05, 0.1) is 11.7 Å². The lowest BCUT2D eigenvalue weighted by molar-refractivity contribution is 0.0926. The Kier molecular flexibility index (Phi) is 4.61. The fraction of sp³-hybridized carbons (Fsp3) is 0.417. The number of hydrogen-bond acceptors (Lipinski definition) is 3. The number of halogens is 2. The Hall–Kier alpha value is -0.620. The van der Waals surface area contributed by atoms with Crippen molar-refractivity contribution in [2.75, 3.05) is 19.6 Å². The number of β-amino-alcohol motifs (C(OH)–C–C–N with tert-alkyl or cyclic N) is 1. The molecule has 1 heterocycles. The summed E-state index contributed by atoms with van der Waals surface area (Å²) in [6.07, 6.45) is -0.395. The molecule has 0 radical (unpaired) electrons. The number of aliphatic hydroxyl groups excluding tert-OH is 1. The number of carbonyl (C=O) groups is 1. The van der Waals surface area contributed by atoms with Crippen molar-refractivity contribution in [3.05, 3.63) is 33.3 Å². The van der Waals surface area contributed by atoms with Gasteiger partial charge in [0.1, 0.15) is 0 Å². The zero-order chi connectivity index (χ0) is 13.1. The van der Waals surface area contributed by atoms with Crippen molar-refractivity contribution in [3.8, 4) is 0 Å². The second kappa shape index (κ2) is 6.02. The van der Waals surface area contributed by atoms with Crippen LogP contribution in [0.15, 0.2) is 22.7 Å². The summed E-state index contributed by atoms with van der Waals surface area (Å²) in [4.78, 5) is 12.0. The molecule has 2 rings (SSSR count). The molecular formula is C12H14BrClN2O2. The van der Waals surface area contributed by atoms with Crippen LogP contribution in [0.3, 0.4) is 0 Å². The molecule has 1 aromatic carbocycles. The van der Waals surface area contributed by atoms with E-state index in [0.29, 0.717) is 28.1 Å². The summed E-state index contributed by atoms with van der Waals surface area (Å²) in [5, 5.41) is 16.0. The minimum atomic E-state index is -0.395. The molecule has 0 saturated carbocycles. The van der Waals surface area contributed by atoms with Crippen LogP contribution in [0.5, 0.6) is 0 Å². The smallest absolute Gasteiger partial charge is 0.252 e. The second-order valence-corrected chi connectivity index (χ2v) is 5.61. The highest BCUT2D eigenvalue weighted by molar-refractivity contribution is 9.10. The van der Waals surface area contributed by atoms with Crippen LogP contribution < -0.4 is 10.6 Å². The van der Waals surface area contributed by atoms with E-state index in [1.165, 1.54) is 0 Å². The minimum absolute atomic E-state index is 0.0620. The Bertz CT molecular complexity index is 456. The third kappa shape index (κ3) is 3.23. The van der Waals surface area contributed by atoms with Gasteiger partial charge in [-0.1, -0.05) is 11.6 Å². The van der Waals surface area contributed by atoms with E-state index in [0.717, 1.165) is 6.54 Å². The van der Waals surface area contributed by atoms with Crippen molar-refractivity contribution in [2.24, 2.45) is 5.92 Å². The SMILES string of the molecule is O=C(NCC1CNCC1O)c1cc(Cl)ccc1Br. The van der Waals surface area contributed by atoms with Crippen LogP contribution in [0.4, 0.5) is 0 Å². The first-order valence-electron chi connectivity index (χ1n) is 5.70. The summed E-state index contributed by atoms with van der Waals surface area (Å²) in [5.74, 6) is -0.129. The van der Waals surface area contributed by atoms with E-state index in [4.69, 9.17) is 11.6 Å². The maximum Gasteiger partial charge on any atom is 0.252 e. The summed E-state index contributed by atoms with van der Waals surface area (Å²) in [6.45, 7) is 1.76. The molecule has 0 spiro atoms. The molecule has 3 N–H and O–H groups in total. The van der Waals surface area contributed by atoms with E-state index in [-0.39, 0.29) is 11.8 Å². The van der Waals surface area contributed by atoms with E-state index in [9.17, 15) is 9.90 Å². The Morgan fingerprint density at radius 2 is 2.33 bits per heavy atom. The van der Waals surface area contributed by atoms with E-state index >= 15 is 0 Å².